The quantitative estimate of drug-likeness (QED) is 0.244. The summed E-state index contributed by atoms with van der Waals surface area (Å²) >= 11 is 13.7. The average molecular weight is 608 g/mol. The van der Waals surface area contributed by atoms with E-state index in [9.17, 15) is 27.2 Å². The maximum absolute atomic E-state index is 13.7. The molecule has 1 fully saturated rings. The molecule has 1 aliphatic heterocycles. The van der Waals surface area contributed by atoms with E-state index in [1.54, 1.807) is 35.6 Å². The minimum absolute atomic E-state index is 0.0236. The Bertz CT molecular complexity index is 1360. The fraction of sp³-hybridized carbons (Fsp3) is 0.261. The first-order chi connectivity index (χ1) is 17.9. The molecule has 7 nitrogen and oxygen atoms in total. The highest BCUT2D eigenvalue weighted by Gasteiger charge is 2.39. The van der Waals surface area contributed by atoms with Gasteiger partial charge in [0.05, 0.1) is 27.5 Å². The summed E-state index contributed by atoms with van der Waals surface area (Å²) in [6.07, 6.45) is -4.71. The SMILES string of the molecule is CN1SNC(C(=O)NCc2sc(-c3ccccc3Cl)nc2C(F)(F)F)CC1C(=O)Nc1ccc(F)c(Cl)c1. The standard InChI is InChI=1S/C23H19Cl2F4N5O2S2/c1-34-17(21(36)31-11-6-7-15(26)14(25)8-11)9-16(33-38-34)20(35)30-10-18-19(23(27,28)29)32-22(37-18)12-4-2-3-5-13(12)24/h2-8,16-17,33H,9-10H2,1H3,(H,30,35)(H,31,36). The lowest BCUT2D eigenvalue weighted by molar-refractivity contribution is -0.141. The number of thiazole rings is 1. The fourth-order valence-corrected chi connectivity index (χ4v) is 5.92. The molecule has 2 unspecified atom stereocenters. The Morgan fingerprint density at radius 3 is 2.58 bits per heavy atom. The maximum Gasteiger partial charge on any atom is 0.434 e. The first-order valence-corrected chi connectivity index (χ1v) is 13.3. The van der Waals surface area contributed by atoms with Gasteiger partial charge in [-0.2, -0.15) is 13.2 Å². The topological polar surface area (TPSA) is 86.4 Å². The van der Waals surface area contributed by atoms with Gasteiger partial charge in [-0.15, -0.1) is 11.3 Å². The number of nitrogens with zero attached hydrogens (tertiary/aromatic N) is 2. The molecule has 2 heterocycles. The zero-order valence-corrected chi connectivity index (χ0v) is 22.6. The number of amides is 2. The van der Waals surface area contributed by atoms with Crippen molar-refractivity contribution in [1.29, 1.82) is 0 Å². The van der Waals surface area contributed by atoms with Gasteiger partial charge in [0.1, 0.15) is 16.9 Å². The van der Waals surface area contributed by atoms with Crippen molar-refractivity contribution in [1.82, 2.24) is 19.3 Å². The van der Waals surface area contributed by atoms with Gasteiger partial charge in [0.25, 0.3) is 0 Å². The number of alkyl halides is 3. The molecule has 3 aromatic rings. The number of aromatic nitrogens is 1. The van der Waals surface area contributed by atoms with Crippen LogP contribution in [0, 0.1) is 5.82 Å². The Hall–Kier alpha value is -2.42. The summed E-state index contributed by atoms with van der Waals surface area (Å²) in [5.41, 5.74) is -0.468. The lowest BCUT2D eigenvalue weighted by atomic mass is 10.1. The lowest BCUT2D eigenvalue weighted by Gasteiger charge is -2.34. The van der Waals surface area contributed by atoms with Gasteiger partial charge in [0.2, 0.25) is 11.8 Å². The lowest BCUT2D eigenvalue weighted by Crippen LogP contribution is -2.54. The van der Waals surface area contributed by atoms with E-state index >= 15 is 0 Å². The number of benzene rings is 2. The van der Waals surface area contributed by atoms with E-state index in [1.165, 1.54) is 12.1 Å². The van der Waals surface area contributed by atoms with Crippen molar-refractivity contribution >= 4 is 64.2 Å². The van der Waals surface area contributed by atoms with Crippen LogP contribution in [-0.4, -0.2) is 40.2 Å². The molecule has 1 aromatic heterocycles. The summed E-state index contributed by atoms with van der Waals surface area (Å²) in [5.74, 6) is -1.69. The largest absolute Gasteiger partial charge is 0.434 e. The number of carbonyl (C=O) groups is 2. The van der Waals surface area contributed by atoms with Crippen molar-refractivity contribution in [3.63, 3.8) is 0 Å². The van der Waals surface area contributed by atoms with Gasteiger partial charge in [0, 0.05) is 23.4 Å². The highest BCUT2D eigenvalue weighted by molar-refractivity contribution is 7.95. The molecule has 2 amide bonds. The third-order valence-corrected chi connectivity index (χ3v) is 8.18. The summed E-state index contributed by atoms with van der Waals surface area (Å²) < 4.78 is 58.9. The fourth-order valence-electron chi connectivity index (χ4n) is 3.60. The van der Waals surface area contributed by atoms with Crippen LogP contribution in [0.3, 0.4) is 0 Å². The van der Waals surface area contributed by atoms with Crippen molar-refractivity contribution in [3.05, 3.63) is 68.9 Å². The second-order valence-corrected chi connectivity index (χ2v) is 11.1. The molecule has 0 radical (unpaired) electrons. The van der Waals surface area contributed by atoms with Crippen molar-refractivity contribution in [2.24, 2.45) is 0 Å². The molecule has 0 spiro atoms. The molecule has 1 saturated heterocycles. The van der Waals surface area contributed by atoms with Gasteiger partial charge >= 0.3 is 6.18 Å². The molecule has 2 aromatic carbocycles. The van der Waals surface area contributed by atoms with Crippen LogP contribution in [0.4, 0.5) is 23.2 Å². The Morgan fingerprint density at radius 2 is 1.89 bits per heavy atom. The number of hydrogen-bond acceptors (Lipinski definition) is 7. The molecule has 38 heavy (non-hydrogen) atoms. The summed E-state index contributed by atoms with van der Waals surface area (Å²) in [7, 11) is 1.64. The first-order valence-electron chi connectivity index (χ1n) is 10.9. The van der Waals surface area contributed by atoms with Gasteiger partial charge in [-0.3, -0.25) is 9.59 Å². The molecule has 15 heteroatoms. The normalized spacial score (nSPS) is 18.3. The second kappa shape index (κ2) is 11.8. The highest BCUT2D eigenvalue weighted by atomic mass is 35.5. The molecular formula is C23H19Cl2F4N5O2S2. The number of halogens is 6. The number of nitrogens with one attached hydrogen (secondary N) is 3. The van der Waals surface area contributed by atoms with Crippen LogP contribution >= 0.6 is 46.7 Å². The Balaban J connectivity index is 1.44. The van der Waals surface area contributed by atoms with Crippen LogP contribution in [0.1, 0.15) is 17.0 Å². The number of hydrogen-bond donors (Lipinski definition) is 3. The van der Waals surface area contributed by atoms with Crippen LogP contribution < -0.4 is 15.4 Å². The molecule has 1 aliphatic rings. The van der Waals surface area contributed by atoms with Gasteiger partial charge in [-0.05, 0) is 37.7 Å². The minimum atomic E-state index is -4.73. The van der Waals surface area contributed by atoms with Crippen molar-refractivity contribution in [2.45, 2.75) is 31.2 Å². The summed E-state index contributed by atoms with van der Waals surface area (Å²) in [5, 5.41) is 5.32. The number of carbonyl (C=O) groups excluding carboxylic acids is 2. The van der Waals surface area contributed by atoms with Crippen molar-refractivity contribution in [2.75, 3.05) is 12.4 Å². The van der Waals surface area contributed by atoms with Gasteiger partial charge in [-0.25, -0.2) is 18.4 Å². The van der Waals surface area contributed by atoms with E-state index < -0.39 is 48.1 Å². The smallest absolute Gasteiger partial charge is 0.350 e. The average Bonchev–Trinajstić information content (AvgIpc) is 3.30. The predicted molar refractivity (Wildman–Crippen MR) is 140 cm³/mol. The van der Waals surface area contributed by atoms with Gasteiger partial charge < -0.3 is 10.6 Å². The number of likely N-dealkylation sites (N-methyl/N-ethyl adjacent to an activating group) is 1. The Kier molecular flexibility index (Phi) is 8.85. The van der Waals surface area contributed by atoms with Crippen molar-refractivity contribution in [3.8, 4) is 10.6 Å². The number of anilines is 1. The Morgan fingerprint density at radius 1 is 1.16 bits per heavy atom. The summed E-state index contributed by atoms with van der Waals surface area (Å²) in [6, 6.07) is 8.47. The summed E-state index contributed by atoms with van der Waals surface area (Å²) in [6.45, 7) is -0.417. The van der Waals surface area contributed by atoms with E-state index in [1.807, 2.05) is 0 Å². The molecule has 4 rings (SSSR count). The van der Waals surface area contributed by atoms with Gasteiger partial charge in [-0.1, -0.05) is 41.4 Å². The van der Waals surface area contributed by atoms with E-state index in [2.05, 4.69) is 20.3 Å². The molecule has 3 N–H and O–H groups in total. The molecule has 0 aliphatic carbocycles. The van der Waals surface area contributed by atoms with Crippen LogP contribution in [-0.2, 0) is 22.3 Å². The van der Waals surface area contributed by atoms with Crippen molar-refractivity contribution < 1.29 is 27.2 Å². The Labute approximate surface area is 233 Å². The highest BCUT2D eigenvalue weighted by Crippen LogP contribution is 2.39. The van der Waals surface area contributed by atoms with Crippen LogP contribution in [0.2, 0.25) is 10.0 Å². The molecule has 0 bridgehead atoms. The zero-order valence-electron chi connectivity index (χ0n) is 19.4. The van der Waals surface area contributed by atoms with Gasteiger partial charge in [0.15, 0.2) is 5.69 Å². The van der Waals surface area contributed by atoms with Crippen LogP contribution in [0.15, 0.2) is 42.5 Å². The molecular weight excluding hydrogens is 589 g/mol. The van der Waals surface area contributed by atoms with E-state index in [0.717, 1.165) is 29.5 Å². The maximum atomic E-state index is 13.7. The predicted octanol–water partition coefficient (Wildman–Crippen LogP) is 5.76. The zero-order chi connectivity index (χ0) is 27.6. The molecule has 202 valence electrons. The molecule has 0 saturated carbocycles. The number of rotatable bonds is 6. The van der Waals surface area contributed by atoms with E-state index in [4.69, 9.17) is 23.2 Å². The first kappa shape index (κ1) is 28.6. The third-order valence-electron chi connectivity index (χ3n) is 5.54. The third kappa shape index (κ3) is 6.58. The second-order valence-electron chi connectivity index (χ2n) is 8.16. The van der Waals surface area contributed by atoms with Crippen LogP contribution in [0.25, 0.3) is 10.6 Å². The minimum Gasteiger partial charge on any atom is -0.350 e. The van der Waals surface area contributed by atoms with Crippen LogP contribution in [0.5, 0.6) is 0 Å². The molecule has 2 atom stereocenters. The van der Waals surface area contributed by atoms with E-state index in [-0.39, 0.29) is 32.0 Å². The van der Waals surface area contributed by atoms with E-state index in [0.29, 0.717) is 5.56 Å². The monoisotopic (exact) mass is 607 g/mol. The summed E-state index contributed by atoms with van der Waals surface area (Å²) in [4.78, 5) is 29.3.